The molecule has 4 heteroatoms. The lowest BCUT2D eigenvalue weighted by Crippen LogP contribution is -2.06. The molecule has 4 nitrogen and oxygen atoms in total. The highest BCUT2D eigenvalue weighted by molar-refractivity contribution is 5.91. The summed E-state index contributed by atoms with van der Waals surface area (Å²) in [4.78, 5) is 25.2. The summed E-state index contributed by atoms with van der Waals surface area (Å²) in [7, 11) is 0. The monoisotopic (exact) mass is 202 g/mol. The number of anilines is 1. The lowest BCUT2D eigenvalue weighted by molar-refractivity contribution is -0.114. The summed E-state index contributed by atoms with van der Waals surface area (Å²) in [5.74, 6) is -0.132. The molecule has 1 aromatic carbocycles. The fraction of sp³-hybridized carbons (Fsp3) is 0.0909. The highest BCUT2D eigenvalue weighted by atomic mass is 16.1. The van der Waals surface area contributed by atoms with Crippen LogP contribution in [0.4, 0.5) is 5.69 Å². The van der Waals surface area contributed by atoms with Gasteiger partial charge in [0.2, 0.25) is 5.91 Å². The predicted molar refractivity (Wildman–Crippen MR) is 58.9 cm³/mol. The van der Waals surface area contributed by atoms with E-state index in [4.69, 9.17) is 0 Å². The van der Waals surface area contributed by atoms with Gasteiger partial charge >= 0.3 is 0 Å². The van der Waals surface area contributed by atoms with E-state index < -0.39 is 0 Å². The first-order valence-electron chi connectivity index (χ1n) is 4.56. The molecular formula is C11H10N2O2. The van der Waals surface area contributed by atoms with Gasteiger partial charge in [0.25, 0.3) is 0 Å². The summed E-state index contributed by atoms with van der Waals surface area (Å²) < 4.78 is 0. The zero-order valence-electron chi connectivity index (χ0n) is 8.20. The van der Waals surface area contributed by atoms with Gasteiger partial charge < -0.3 is 10.3 Å². The SMILES string of the molecule is CC(=O)Nc1ccc2c(=O)cc[nH]c2c1. The number of carbonyl (C=O) groups is 1. The Hall–Kier alpha value is -2.10. The van der Waals surface area contributed by atoms with Gasteiger partial charge in [-0.3, -0.25) is 9.59 Å². The van der Waals surface area contributed by atoms with Gasteiger partial charge in [-0.15, -0.1) is 0 Å². The van der Waals surface area contributed by atoms with Crippen LogP contribution in [0, 0.1) is 0 Å². The molecule has 0 radical (unpaired) electrons. The van der Waals surface area contributed by atoms with Crippen molar-refractivity contribution in [1.29, 1.82) is 0 Å². The van der Waals surface area contributed by atoms with E-state index in [-0.39, 0.29) is 11.3 Å². The molecule has 1 heterocycles. The Balaban J connectivity index is 2.57. The first-order chi connectivity index (χ1) is 7.16. The predicted octanol–water partition coefficient (Wildman–Crippen LogP) is 1.49. The van der Waals surface area contributed by atoms with Crippen molar-refractivity contribution in [3.05, 3.63) is 40.7 Å². The molecule has 0 saturated heterocycles. The molecule has 76 valence electrons. The molecule has 0 bridgehead atoms. The lowest BCUT2D eigenvalue weighted by Gasteiger charge is -2.03. The molecule has 0 atom stereocenters. The maximum Gasteiger partial charge on any atom is 0.221 e. The third kappa shape index (κ3) is 1.88. The molecule has 2 N–H and O–H groups in total. The molecule has 1 amide bonds. The van der Waals surface area contributed by atoms with E-state index in [0.29, 0.717) is 16.6 Å². The van der Waals surface area contributed by atoms with E-state index in [1.54, 1.807) is 24.4 Å². The number of hydrogen-bond acceptors (Lipinski definition) is 2. The summed E-state index contributed by atoms with van der Waals surface area (Å²) in [6.45, 7) is 1.44. The Bertz CT molecular complexity index is 572. The van der Waals surface area contributed by atoms with E-state index in [9.17, 15) is 9.59 Å². The average Bonchev–Trinajstić information content (AvgIpc) is 2.17. The average molecular weight is 202 g/mol. The van der Waals surface area contributed by atoms with E-state index in [1.165, 1.54) is 13.0 Å². The van der Waals surface area contributed by atoms with E-state index in [1.807, 2.05) is 0 Å². The highest BCUT2D eigenvalue weighted by Gasteiger charge is 2.00. The first-order valence-corrected chi connectivity index (χ1v) is 4.56. The van der Waals surface area contributed by atoms with Crippen molar-refractivity contribution in [1.82, 2.24) is 4.98 Å². The fourth-order valence-corrected chi connectivity index (χ4v) is 1.46. The molecule has 0 aliphatic heterocycles. The van der Waals surface area contributed by atoms with Crippen LogP contribution in [0.5, 0.6) is 0 Å². The molecule has 0 aliphatic carbocycles. The van der Waals surface area contributed by atoms with Gasteiger partial charge in [-0.2, -0.15) is 0 Å². The lowest BCUT2D eigenvalue weighted by atomic mass is 10.2. The second kappa shape index (κ2) is 3.57. The second-order valence-electron chi connectivity index (χ2n) is 3.28. The Morgan fingerprint density at radius 1 is 1.33 bits per heavy atom. The third-order valence-corrected chi connectivity index (χ3v) is 2.08. The smallest absolute Gasteiger partial charge is 0.221 e. The van der Waals surface area contributed by atoms with Crippen LogP contribution in [0.3, 0.4) is 0 Å². The number of nitrogens with one attached hydrogen (secondary N) is 2. The van der Waals surface area contributed by atoms with E-state index in [0.717, 1.165) is 0 Å². The minimum absolute atomic E-state index is 0.0295. The van der Waals surface area contributed by atoms with Crippen LogP contribution < -0.4 is 10.7 Å². The van der Waals surface area contributed by atoms with Crippen LogP contribution in [0.15, 0.2) is 35.3 Å². The number of benzene rings is 1. The molecule has 2 rings (SSSR count). The normalized spacial score (nSPS) is 10.2. The number of H-pyrrole nitrogens is 1. The largest absolute Gasteiger partial charge is 0.361 e. The highest BCUT2D eigenvalue weighted by Crippen LogP contribution is 2.13. The summed E-state index contributed by atoms with van der Waals surface area (Å²) in [5, 5.41) is 3.27. The van der Waals surface area contributed by atoms with Crippen LogP contribution in [0.25, 0.3) is 10.9 Å². The maximum absolute atomic E-state index is 11.4. The number of rotatable bonds is 1. The van der Waals surface area contributed by atoms with Gasteiger partial charge in [0, 0.05) is 30.3 Å². The number of hydrogen-bond donors (Lipinski definition) is 2. The molecule has 0 saturated carbocycles. The van der Waals surface area contributed by atoms with Gasteiger partial charge in [0.15, 0.2) is 5.43 Å². The number of carbonyl (C=O) groups excluding carboxylic acids is 1. The minimum Gasteiger partial charge on any atom is -0.361 e. The van der Waals surface area contributed by atoms with Gasteiger partial charge in [-0.05, 0) is 18.2 Å². The Kier molecular flexibility index (Phi) is 2.25. The van der Waals surface area contributed by atoms with Crippen LogP contribution in [-0.2, 0) is 4.79 Å². The summed E-state index contributed by atoms with van der Waals surface area (Å²) >= 11 is 0. The van der Waals surface area contributed by atoms with Crippen LogP contribution in [-0.4, -0.2) is 10.9 Å². The molecule has 1 aromatic heterocycles. The number of pyridine rings is 1. The molecule has 2 aromatic rings. The zero-order chi connectivity index (χ0) is 10.8. The van der Waals surface area contributed by atoms with Crippen molar-refractivity contribution < 1.29 is 4.79 Å². The summed E-state index contributed by atoms with van der Waals surface area (Å²) in [6.07, 6.45) is 1.59. The molecular weight excluding hydrogens is 192 g/mol. The molecule has 0 unspecified atom stereocenters. The third-order valence-electron chi connectivity index (χ3n) is 2.08. The molecule has 0 fully saturated rings. The Morgan fingerprint density at radius 2 is 2.13 bits per heavy atom. The zero-order valence-corrected chi connectivity index (χ0v) is 8.20. The second-order valence-corrected chi connectivity index (χ2v) is 3.28. The molecule has 15 heavy (non-hydrogen) atoms. The van der Waals surface area contributed by atoms with Crippen molar-refractivity contribution in [3.63, 3.8) is 0 Å². The minimum atomic E-state index is -0.132. The maximum atomic E-state index is 11.4. The van der Waals surface area contributed by atoms with Crippen molar-refractivity contribution >= 4 is 22.5 Å². The van der Waals surface area contributed by atoms with Crippen molar-refractivity contribution in [3.8, 4) is 0 Å². The topological polar surface area (TPSA) is 62.0 Å². The fourth-order valence-electron chi connectivity index (χ4n) is 1.46. The number of aromatic nitrogens is 1. The number of aromatic amines is 1. The summed E-state index contributed by atoms with van der Waals surface area (Å²) in [6, 6.07) is 6.61. The van der Waals surface area contributed by atoms with Crippen LogP contribution in [0.2, 0.25) is 0 Å². The van der Waals surface area contributed by atoms with Crippen LogP contribution >= 0.6 is 0 Å². The first kappa shape index (κ1) is 9.45. The van der Waals surface area contributed by atoms with Gasteiger partial charge in [0.05, 0.1) is 5.52 Å². The van der Waals surface area contributed by atoms with Gasteiger partial charge in [0.1, 0.15) is 0 Å². The van der Waals surface area contributed by atoms with E-state index in [2.05, 4.69) is 10.3 Å². The quantitative estimate of drug-likeness (QED) is 0.735. The molecule has 0 aliphatic rings. The molecule has 0 spiro atoms. The van der Waals surface area contributed by atoms with Crippen molar-refractivity contribution in [2.24, 2.45) is 0 Å². The Morgan fingerprint density at radius 3 is 2.87 bits per heavy atom. The number of fused-ring (bicyclic) bond motifs is 1. The van der Waals surface area contributed by atoms with Gasteiger partial charge in [-0.1, -0.05) is 0 Å². The van der Waals surface area contributed by atoms with E-state index >= 15 is 0 Å². The number of amides is 1. The van der Waals surface area contributed by atoms with Crippen molar-refractivity contribution in [2.75, 3.05) is 5.32 Å². The Labute approximate surface area is 85.9 Å². The van der Waals surface area contributed by atoms with Crippen LogP contribution in [0.1, 0.15) is 6.92 Å². The van der Waals surface area contributed by atoms with Gasteiger partial charge in [-0.25, -0.2) is 0 Å². The standard InChI is InChI=1S/C11H10N2O2/c1-7(14)13-8-2-3-9-10(6-8)12-5-4-11(9)15/h2-6H,1H3,(H,12,15)(H,13,14). The summed E-state index contributed by atoms with van der Waals surface area (Å²) in [5.41, 5.74) is 1.36. The van der Waals surface area contributed by atoms with Crippen molar-refractivity contribution in [2.45, 2.75) is 6.92 Å².